The molecule has 24 heavy (non-hydrogen) atoms. The van der Waals surface area contributed by atoms with Gasteiger partial charge >= 0.3 is 0 Å². The summed E-state index contributed by atoms with van der Waals surface area (Å²) in [4.78, 5) is 14.6. The van der Waals surface area contributed by atoms with E-state index in [1.165, 1.54) is 18.5 Å². The summed E-state index contributed by atoms with van der Waals surface area (Å²) in [5, 5.41) is 3.34. The minimum Gasteiger partial charge on any atom is -0.495 e. The molecule has 1 saturated heterocycles. The SMILES string of the molecule is COc1ccc(NC(=O)Cc2ccc(N3CCCC3)cc2)cc1Cl. The first-order valence-corrected chi connectivity index (χ1v) is 8.51. The molecule has 1 fully saturated rings. The van der Waals surface area contributed by atoms with Crippen LogP contribution >= 0.6 is 11.6 Å². The van der Waals surface area contributed by atoms with Gasteiger partial charge in [0.25, 0.3) is 0 Å². The zero-order valence-corrected chi connectivity index (χ0v) is 14.5. The van der Waals surface area contributed by atoms with E-state index in [4.69, 9.17) is 16.3 Å². The molecule has 0 atom stereocenters. The smallest absolute Gasteiger partial charge is 0.228 e. The molecule has 0 saturated carbocycles. The van der Waals surface area contributed by atoms with Gasteiger partial charge in [-0.05, 0) is 48.7 Å². The van der Waals surface area contributed by atoms with Crippen LogP contribution in [0.25, 0.3) is 0 Å². The third-order valence-corrected chi connectivity index (χ3v) is 4.50. The molecule has 3 rings (SSSR count). The van der Waals surface area contributed by atoms with Gasteiger partial charge in [-0.1, -0.05) is 23.7 Å². The number of benzene rings is 2. The van der Waals surface area contributed by atoms with Crippen LogP contribution in [0.15, 0.2) is 42.5 Å². The van der Waals surface area contributed by atoms with E-state index >= 15 is 0 Å². The number of methoxy groups -OCH3 is 1. The van der Waals surface area contributed by atoms with Crippen LogP contribution in [0, 0.1) is 0 Å². The lowest BCUT2D eigenvalue weighted by molar-refractivity contribution is -0.115. The summed E-state index contributed by atoms with van der Waals surface area (Å²) < 4.78 is 5.11. The van der Waals surface area contributed by atoms with Crippen molar-refractivity contribution in [3.8, 4) is 5.75 Å². The molecule has 0 spiro atoms. The number of carbonyl (C=O) groups excluding carboxylic acids is 1. The van der Waals surface area contributed by atoms with Gasteiger partial charge in [-0.2, -0.15) is 0 Å². The number of hydrogen-bond donors (Lipinski definition) is 1. The molecule has 0 aliphatic carbocycles. The maximum absolute atomic E-state index is 12.2. The van der Waals surface area contributed by atoms with Gasteiger partial charge in [-0.25, -0.2) is 0 Å². The molecular weight excluding hydrogens is 324 g/mol. The van der Waals surface area contributed by atoms with Crippen molar-refractivity contribution >= 4 is 28.9 Å². The van der Waals surface area contributed by atoms with E-state index in [0.29, 0.717) is 22.9 Å². The van der Waals surface area contributed by atoms with E-state index in [-0.39, 0.29) is 5.91 Å². The van der Waals surface area contributed by atoms with Crippen molar-refractivity contribution in [3.63, 3.8) is 0 Å². The zero-order valence-electron chi connectivity index (χ0n) is 13.7. The second kappa shape index (κ2) is 7.58. The van der Waals surface area contributed by atoms with Crippen LogP contribution in [0.2, 0.25) is 5.02 Å². The number of nitrogens with one attached hydrogen (secondary N) is 1. The molecule has 126 valence electrons. The Kier molecular flexibility index (Phi) is 5.26. The largest absolute Gasteiger partial charge is 0.495 e. The topological polar surface area (TPSA) is 41.6 Å². The molecule has 5 heteroatoms. The Morgan fingerprint density at radius 3 is 2.50 bits per heavy atom. The number of nitrogens with zero attached hydrogens (tertiary/aromatic N) is 1. The fourth-order valence-electron chi connectivity index (χ4n) is 2.93. The average Bonchev–Trinajstić information content (AvgIpc) is 3.10. The van der Waals surface area contributed by atoms with Gasteiger partial charge in [0, 0.05) is 24.5 Å². The minimum atomic E-state index is -0.0647. The number of ether oxygens (including phenoxy) is 1. The monoisotopic (exact) mass is 344 g/mol. The van der Waals surface area contributed by atoms with Crippen molar-refractivity contribution < 1.29 is 9.53 Å². The molecule has 1 amide bonds. The number of carbonyl (C=O) groups is 1. The first-order chi connectivity index (χ1) is 11.7. The van der Waals surface area contributed by atoms with Crippen molar-refractivity contribution in [2.75, 3.05) is 30.4 Å². The summed E-state index contributed by atoms with van der Waals surface area (Å²) in [7, 11) is 1.56. The molecule has 1 aliphatic rings. The molecule has 2 aromatic carbocycles. The van der Waals surface area contributed by atoms with E-state index in [0.717, 1.165) is 18.7 Å². The lowest BCUT2D eigenvalue weighted by Crippen LogP contribution is -2.17. The summed E-state index contributed by atoms with van der Waals surface area (Å²) in [5.41, 5.74) is 2.90. The standard InChI is InChI=1S/C19H21ClN2O2/c1-24-18-9-6-15(13-17(18)20)21-19(23)12-14-4-7-16(8-5-14)22-10-2-3-11-22/h4-9,13H,2-3,10-12H2,1H3,(H,21,23). The molecule has 2 aromatic rings. The number of amides is 1. The quantitative estimate of drug-likeness (QED) is 0.886. The van der Waals surface area contributed by atoms with Crippen molar-refractivity contribution in [1.29, 1.82) is 0 Å². The number of hydrogen-bond acceptors (Lipinski definition) is 3. The Morgan fingerprint density at radius 1 is 1.17 bits per heavy atom. The van der Waals surface area contributed by atoms with Crippen molar-refractivity contribution in [2.45, 2.75) is 19.3 Å². The minimum absolute atomic E-state index is 0.0647. The summed E-state index contributed by atoms with van der Waals surface area (Å²) in [5.74, 6) is 0.525. The third kappa shape index (κ3) is 4.01. The molecule has 1 N–H and O–H groups in total. The molecule has 1 heterocycles. The van der Waals surface area contributed by atoms with E-state index in [9.17, 15) is 4.79 Å². The van der Waals surface area contributed by atoms with Gasteiger partial charge in [0.1, 0.15) is 5.75 Å². The van der Waals surface area contributed by atoms with Crippen LogP contribution in [0.3, 0.4) is 0 Å². The van der Waals surface area contributed by atoms with Crippen LogP contribution in [0.5, 0.6) is 5.75 Å². The van der Waals surface area contributed by atoms with Gasteiger partial charge in [0.2, 0.25) is 5.91 Å². The Bertz CT molecular complexity index is 710. The Labute approximate surface area is 147 Å². The second-order valence-electron chi connectivity index (χ2n) is 5.93. The fourth-order valence-corrected chi connectivity index (χ4v) is 3.19. The summed E-state index contributed by atoms with van der Waals surface area (Å²) in [6, 6.07) is 13.4. The summed E-state index contributed by atoms with van der Waals surface area (Å²) in [6.45, 7) is 2.25. The maximum atomic E-state index is 12.2. The second-order valence-corrected chi connectivity index (χ2v) is 6.34. The average molecular weight is 345 g/mol. The molecule has 0 radical (unpaired) electrons. The lowest BCUT2D eigenvalue weighted by atomic mass is 10.1. The van der Waals surface area contributed by atoms with Crippen LogP contribution in [0.4, 0.5) is 11.4 Å². The van der Waals surface area contributed by atoms with Crippen LogP contribution in [-0.2, 0) is 11.2 Å². The highest BCUT2D eigenvalue weighted by molar-refractivity contribution is 6.32. The summed E-state index contributed by atoms with van der Waals surface area (Å²) >= 11 is 6.07. The van der Waals surface area contributed by atoms with Crippen molar-refractivity contribution in [1.82, 2.24) is 0 Å². The van der Waals surface area contributed by atoms with Gasteiger partial charge < -0.3 is 15.0 Å². The number of anilines is 2. The molecule has 1 aliphatic heterocycles. The van der Waals surface area contributed by atoms with Crippen molar-refractivity contribution in [3.05, 3.63) is 53.1 Å². The van der Waals surface area contributed by atoms with Gasteiger partial charge in [-0.15, -0.1) is 0 Å². The highest BCUT2D eigenvalue weighted by Crippen LogP contribution is 2.27. The van der Waals surface area contributed by atoms with E-state index in [1.54, 1.807) is 25.3 Å². The molecular formula is C19H21ClN2O2. The highest BCUT2D eigenvalue weighted by Gasteiger charge is 2.12. The van der Waals surface area contributed by atoms with E-state index < -0.39 is 0 Å². The highest BCUT2D eigenvalue weighted by atomic mass is 35.5. The lowest BCUT2D eigenvalue weighted by Gasteiger charge is -2.17. The van der Waals surface area contributed by atoms with Crippen LogP contribution < -0.4 is 15.0 Å². The number of halogens is 1. The predicted octanol–water partition coefficient (Wildman–Crippen LogP) is 4.13. The van der Waals surface area contributed by atoms with Gasteiger partial charge in [-0.3, -0.25) is 4.79 Å². The molecule has 4 nitrogen and oxygen atoms in total. The number of rotatable bonds is 5. The van der Waals surface area contributed by atoms with Crippen LogP contribution in [0.1, 0.15) is 18.4 Å². The van der Waals surface area contributed by atoms with Crippen molar-refractivity contribution in [2.24, 2.45) is 0 Å². The third-order valence-electron chi connectivity index (χ3n) is 4.21. The zero-order chi connectivity index (χ0) is 16.9. The van der Waals surface area contributed by atoms with E-state index in [2.05, 4.69) is 22.3 Å². The first-order valence-electron chi connectivity index (χ1n) is 8.13. The maximum Gasteiger partial charge on any atom is 0.228 e. The van der Waals surface area contributed by atoms with Crippen LogP contribution in [-0.4, -0.2) is 26.1 Å². The van der Waals surface area contributed by atoms with E-state index in [1.807, 2.05) is 12.1 Å². The molecule has 0 aromatic heterocycles. The molecule has 0 bridgehead atoms. The van der Waals surface area contributed by atoms with Gasteiger partial charge in [0.15, 0.2) is 0 Å². The normalized spacial score (nSPS) is 13.8. The fraction of sp³-hybridized carbons (Fsp3) is 0.316. The first kappa shape index (κ1) is 16.7. The Morgan fingerprint density at radius 2 is 1.88 bits per heavy atom. The predicted molar refractivity (Wildman–Crippen MR) is 98.2 cm³/mol. The Hall–Kier alpha value is -2.20. The summed E-state index contributed by atoms with van der Waals surface area (Å²) in [6.07, 6.45) is 2.85. The van der Waals surface area contributed by atoms with Gasteiger partial charge in [0.05, 0.1) is 18.6 Å². The Balaban J connectivity index is 1.59. The molecule has 0 unspecified atom stereocenters.